The van der Waals surface area contributed by atoms with Crippen LogP contribution in [0.5, 0.6) is 5.75 Å². The first kappa shape index (κ1) is 25.6. The van der Waals surface area contributed by atoms with Crippen molar-refractivity contribution >= 4 is 43.8 Å². The van der Waals surface area contributed by atoms with Gasteiger partial charge in [0.05, 0.1) is 15.8 Å². The van der Waals surface area contributed by atoms with E-state index in [4.69, 9.17) is 5.11 Å². The van der Waals surface area contributed by atoms with Gasteiger partial charge in [0.25, 0.3) is 21.5 Å². The summed E-state index contributed by atoms with van der Waals surface area (Å²) in [5, 5.41) is 22.0. The molecule has 0 aliphatic heterocycles. The zero-order valence-electron chi connectivity index (χ0n) is 20.6. The second-order valence-electron chi connectivity index (χ2n) is 8.77. The zero-order chi connectivity index (χ0) is 28.1. The van der Waals surface area contributed by atoms with E-state index in [1.807, 2.05) is 6.92 Å². The van der Waals surface area contributed by atoms with Crippen molar-refractivity contribution in [3.8, 4) is 17.1 Å². The molecule has 5 rings (SSSR count). The molecule has 5 aromatic rings. The number of nitrogens with one attached hydrogen (secondary N) is 1. The van der Waals surface area contributed by atoms with Crippen molar-refractivity contribution in [2.24, 2.45) is 7.05 Å². The summed E-state index contributed by atoms with van der Waals surface area (Å²) < 4.78 is 29.2. The molecule has 12 nitrogen and oxygen atoms in total. The molecule has 1 amide bonds. The molecule has 0 atom stereocenters. The number of para-hydroxylation sites is 1. The van der Waals surface area contributed by atoms with E-state index in [1.54, 1.807) is 36.4 Å². The number of pyridine rings is 1. The van der Waals surface area contributed by atoms with Gasteiger partial charge in [-0.1, -0.05) is 35.9 Å². The lowest BCUT2D eigenvalue weighted by atomic mass is 10.1. The van der Waals surface area contributed by atoms with Gasteiger partial charge in [-0.05, 0) is 25.1 Å². The summed E-state index contributed by atoms with van der Waals surface area (Å²) in [6.45, 7) is 1.11. The van der Waals surface area contributed by atoms with Crippen molar-refractivity contribution < 1.29 is 28.2 Å². The third-order valence-corrected chi connectivity index (χ3v) is 7.91. The van der Waals surface area contributed by atoms with E-state index in [0.717, 1.165) is 14.1 Å². The number of amides is 1. The molecule has 0 aliphatic carbocycles. The number of carbonyl (C=O) groups is 2. The zero-order valence-corrected chi connectivity index (χ0v) is 21.4. The minimum Gasteiger partial charge on any atom is -0.506 e. The standard InChI is InChI=1S/C26H21N5O7S/c1-14-7-9-15(10-8-14)39(37,38)31-13-18(16-5-3-4-6-19(16)31)23-27-11-17-22(34)21(25(35)28-12-20(32)33)26(36)30(2)24(17)29-23/h3-11,13,34H,12H2,1-2H3,(H,28,35)(H,32,33). The molecule has 0 saturated carbocycles. The molecule has 39 heavy (non-hydrogen) atoms. The van der Waals surface area contributed by atoms with Gasteiger partial charge in [-0.15, -0.1) is 0 Å². The highest BCUT2D eigenvalue weighted by Gasteiger charge is 2.25. The van der Waals surface area contributed by atoms with Gasteiger partial charge in [0.15, 0.2) is 5.82 Å². The topological polar surface area (TPSA) is 173 Å². The fourth-order valence-corrected chi connectivity index (χ4v) is 5.59. The summed E-state index contributed by atoms with van der Waals surface area (Å²) in [6, 6.07) is 13.3. The Labute approximate surface area is 220 Å². The number of nitrogens with zero attached hydrogens (tertiary/aromatic N) is 4. The number of aryl methyl sites for hydroxylation is 2. The number of carboxylic acid groups (broad SMARTS) is 1. The fourth-order valence-electron chi connectivity index (χ4n) is 4.22. The van der Waals surface area contributed by atoms with Gasteiger partial charge < -0.3 is 15.5 Å². The summed E-state index contributed by atoms with van der Waals surface area (Å²) >= 11 is 0. The predicted octanol–water partition coefficient (Wildman–Crippen LogP) is 2.02. The number of rotatable bonds is 6. The maximum Gasteiger partial charge on any atom is 0.322 e. The maximum atomic E-state index is 13.5. The summed E-state index contributed by atoms with van der Waals surface area (Å²) in [5.74, 6) is -3.01. The van der Waals surface area contributed by atoms with Crippen molar-refractivity contribution in [3.05, 3.63) is 82.4 Å². The summed E-state index contributed by atoms with van der Waals surface area (Å²) in [5.41, 5.74) is 0.0844. The van der Waals surface area contributed by atoms with E-state index in [9.17, 15) is 27.9 Å². The number of carboxylic acids is 1. The van der Waals surface area contributed by atoms with Crippen LogP contribution in [0.25, 0.3) is 33.3 Å². The first-order valence-electron chi connectivity index (χ1n) is 11.5. The molecule has 0 bridgehead atoms. The third-order valence-electron chi connectivity index (χ3n) is 6.22. The first-order chi connectivity index (χ1) is 18.5. The molecule has 0 aliphatic rings. The van der Waals surface area contributed by atoms with E-state index in [0.29, 0.717) is 16.5 Å². The fraction of sp³-hybridized carbons (Fsp3) is 0.115. The average molecular weight is 548 g/mol. The average Bonchev–Trinajstić information content (AvgIpc) is 3.31. The second-order valence-corrected chi connectivity index (χ2v) is 10.6. The monoisotopic (exact) mass is 547 g/mol. The Hall–Kier alpha value is -5.04. The van der Waals surface area contributed by atoms with Crippen LogP contribution in [0.3, 0.4) is 0 Å². The van der Waals surface area contributed by atoms with E-state index < -0.39 is 45.3 Å². The van der Waals surface area contributed by atoms with Crippen molar-refractivity contribution in [2.45, 2.75) is 11.8 Å². The first-order valence-corrected chi connectivity index (χ1v) is 13.0. The van der Waals surface area contributed by atoms with Crippen LogP contribution in [0.15, 0.2) is 70.6 Å². The number of carbonyl (C=O) groups excluding carboxylic acids is 1. The largest absolute Gasteiger partial charge is 0.506 e. The van der Waals surface area contributed by atoms with Crippen LogP contribution in [0.4, 0.5) is 0 Å². The quantitative estimate of drug-likeness (QED) is 0.287. The highest BCUT2D eigenvalue weighted by atomic mass is 32.2. The van der Waals surface area contributed by atoms with Crippen molar-refractivity contribution in [1.29, 1.82) is 0 Å². The molecule has 0 unspecified atom stereocenters. The number of aromatic hydroxyl groups is 1. The van der Waals surface area contributed by atoms with E-state index in [2.05, 4.69) is 15.3 Å². The molecular formula is C26H21N5O7S. The molecule has 0 saturated heterocycles. The van der Waals surface area contributed by atoms with Crippen LogP contribution in [0.2, 0.25) is 0 Å². The van der Waals surface area contributed by atoms with Crippen LogP contribution in [0.1, 0.15) is 15.9 Å². The molecule has 3 N–H and O–H groups in total. The lowest BCUT2D eigenvalue weighted by Crippen LogP contribution is -2.35. The van der Waals surface area contributed by atoms with Crippen LogP contribution >= 0.6 is 0 Å². The Kier molecular flexibility index (Phi) is 6.15. The number of aromatic nitrogens is 4. The van der Waals surface area contributed by atoms with Crippen LogP contribution in [-0.2, 0) is 21.9 Å². The van der Waals surface area contributed by atoms with Gasteiger partial charge in [0, 0.05) is 30.4 Å². The van der Waals surface area contributed by atoms with Gasteiger partial charge in [-0.2, -0.15) is 0 Å². The Bertz CT molecular complexity index is 1980. The van der Waals surface area contributed by atoms with Gasteiger partial charge in [-0.3, -0.25) is 19.0 Å². The maximum absolute atomic E-state index is 13.5. The number of fused-ring (bicyclic) bond motifs is 2. The molecule has 3 aromatic heterocycles. The van der Waals surface area contributed by atoms with Gasteiger partial charge in [-0.25, -0.2) is 22.4 Å². The van der Waals surface area contributed by atoms with Crippen molar-refractivity contribution in [2.75, 3.05) is 6.54 Å². The summed E-state index contributed by atoms with van der Waals surface area (Å²) in [6.07, 6.45) is 2.60. The van der Waals surface area contributed by atoms with E-state index in [-0.39, 0.29) is 21.8 Å². The molecule has 13 heteroatoms. The van der Waals surface area contributed by atoms with Crippen LogP contribution in [0, 0.1) is 6.92 Å². The van der Waals surface area contributed by atoms with Crippen molar-refractivity contribution in [1.82, 2.24) is 23.8 Å². The SMILES string of the molecule is Cc1ccc(S(=O)(=O)n2cc(-c3ncc4c(O)c(C(=O)NCC(=O)O)c(=O)n(C)c4n3)c3ccccc32)cc1. The molecule has 0 fully saturated rings. The second kappa shape index (κ2) is 9.36. The molecule has 2 aromatic carbocycles. The Morgan fingerprint density at radius 1 is 1.05 bits per heavy atom. The number of aliphatic carboxylic acids is 1. The lowest BCUT2D eigenvalue weighted by molar-refractivity contribution is -0.135. The number of benzene rings is 2. The lowest BCUT2D eigenvalue weighted by Gasteiger charge is -2.11. The Morgan fingerprint density at radius 2 is 1.74 bits per heavy atom. The minimum absolute atomic E-state index is 0.0180. The number of hydrogen-bond donors (Lipinski definition) is 3. The summed E-state index contributed by atoms with van der Waals surface area (Å²) in [4.78, 5) is 44.9. The van der Waals surface area contributed by atoms with Crippen LogP contribution in [-0.4, -0.2) is 55.6 Å². The molecule has 0 spiro atoms. The van der Waals surface area contributed by atoms with Crippen LogP contribution < -0.4 is 10.9 Å². The van der Waals surface area contributed by atoms with Crippen molar-refractivity contribution in [3.63, 3.8) is 0 Å². The number of hydrogen-bond acceptors (Lipinski definition) is 8. The molecule has 0 radical (unpaired) electrons. The minimum atomic E-state index is -3.98. The smallest absolute Gasteiger partial charge is 0.322 e. The third kappa shape index (κ3) is 4.28. The highest BCUT2D eigenvalue weighted by Crippen LogP contribution is 2.33. The summed E-state index contributed by atoms with van der Waals surface area (Å²) in [7, 11) is -2.65. The highest BCUT2D eigenvalue weighted by molar-refractivity contribution is 7.90. The molecular weight excluding hydrogens is 526 g/mol. The van der Waals surface area contributed by atoms with Gasteiger partial charge in [0.2, 0.25) is 0 Å². The normalized spacial score (nSPS) is 11.6. The van der Waals surface area contributed by atoms with Gasteiger partial charge >= 0.3 is 5.97 Å². The Balaban J connectivity index is 1.68. The van der Waals surface area contributed by atoms with E-state index in [1.165, 1.54) is 31.6 Å². The molecule has 3 heterocycles. The predicted molar refractivity (Wildman–Crippen MR) is 141 cm³/mol. The Morgan fingerprint density at radius 3 is 2.44 bits per heavy atom. The van der Waals surface area contributed by atoms with E-state index >= 15 is 0 Å². The van der Waals surface area contributed by atoms with Gasteiger partial charge in [0.1, 0.15) is 23.5 Å². The molecule has 198 valence electrons.